The molecule has 0 saturated heterocycles. The molecule has 244 valence electrons. The molecule has 0 spiro atoms. The molecule has 0 saturated carbocycles. The summed E-state index contributed by atoms with van der Waals surface area (Å²) in [5, 5.41) is 8.04. The Morgan fingerprint density at radius 1 is 0.652 bits per heavy atom. The number of nitrogens with one attached hydrogen (secondary N) is 3. The van der Waals surface area contributed by atoms with Gasteiger partial charge in [0, 0.05) is 32.7 Å². The van der Waals surface area contributed by atoms with E-state index in [1.165, 1.54) is 14.0 Å². The van der Waals surface area contributed by atoms with Gasteiger partial charge in [0.1, 0.15) is 25.3 Å². The summed E-state index contributed by atoms with van der Waals surface area (Å²) in [5.74, 6) is -1.86. The zero-order valence-electron chi connectivity index (χ0n) is 26.2. The summed E-state index contributed by atoms with van der Waals surface area (Å²) in [6.45, 7) is 1.92. The van der Waals surface area contributed by atoms with Crippen LogP contribution in [-0.2, 0) is 59.4 Å². The molecule has 0 aliphatic rings. The first-order valence-electron chi connectivity index (χ1n) is 15.1. The van der Waals surface area contributed by atoms with Crippen molar-refractivity contribution in [1.82, 2.24) is 16.0 Å². The van der Waals surface area contributed by atoms with Crippen LogP contribution in [0.3, 0.4) is 0 Å². The Bertz CT molecular complexity index is 1430. The lowest BCUT2D eigenvalue weighted by Crippen LogP contribution is -2.43. The largest absolute Gasteiger partial charge is 0.467 e. The smallest absolute Gasteiger partial charge is 0.407 e. The van der Waals surface area contributed by atoms with E-state index in [0.717, 1.165) is 22.3 Å². The van der Waals surface area contributed by atoms with Crippen molar-refractivity contribution in [2.45, 2.75) is 64.3 Å². The molecule has 3 aromatic carbocycles. The molecule has 0 aromatic heterocycles. The van der Waals surface area contributed by atoms with Gasteiger partial charge in [-0.05, 0) is 35.1 Å². The third kappa shape index (κ3) is 13.2. The van der Waals surface area contributed by atoms with E-state index in [-0.39, 0.29) is 44.3 Å². The van der Waals surface area contributed by atoms with Gasteiger partial charge in [-0.25, -0.2) is 14.4 Å². The van der Waals surface area contributed by atoms with Crippen LogP contribution in [0.15, 0.2) is 84.9 Å². The van der Waals surface area contributed by atoms with Crippen LogP contribution in [-0.4, -0.2) is 55.6 Å². The van der Waals surface area contributed by atoms with Gasteiger partial charge < -0.3 is 30.2 Å². The fourth-order valence-corrected chi connectivity index (χ4v) is 4.60. The van der Waals surface area contributed by atoms with Gasteiger partial charge in [-0.2, -0.15) is 0 Å². The highest BCUT2D eigenvalue weighted by molar-refractivity contribution is 5.85. The topological polar surface area (TPSA) is 149 Å². The van der Waals surface area contributed by atoms with Gasteiger partial charge in [-0.1, -0.05) is 84.9 Å². The number of hydrogen-bond acceptors (Lipinski definition) is 8. The van der Waals surface area contributed by atoms with Crippen molar-refractivity contribution >= 4 is 29.8 Å². The Morgan fingerprint density at radius 2 is 1.20 bits per heavy atom. The van der Waals surface area contributed by atoms with Crippen molar-refractivity contribution in [1.29, 1.82) is 0 Å². The summed E-state index contributed by atoms with van der Waals surface area (Å²) in [7, 11) is 1.25. The lowest BCUT2D eigenvalue weighted by Gasteiger charge is -2.19. The Kier molecular flexibility index (Phi) is 14.8. The Morgan fingerprint density at radius 3 is 1.76 bits per heavy atom. The molecule has 0 aliphatic heterocycles. The molecule has 0 radical (unpaired) electrons. The molecular weight excluding hydrogens is 590 g/mol. The molecule has 11 heteroatoms. The van der Waals surface area contributed by atoms with Crippen LogP contribution < -0.4 is 16.0 Å². The van der Waals surface area contributed by atoms with Gasteiger partial charge in [0.05, 0.1) is 7.11 Å². The minimum Gasteiger partial charge on any atom is -0.467 e. The van der Waals surface area contributed by atoms with E-state index in [2.05, 4.69) is 16.0 Å². The van der Waals surface area contributed by atoms with Crippen LogP contribution in [0.2, 0.25) is 0 Å². The van der Waals surface area contributed by atoms with Crippen molar-refractivity contribution in [3.05, 3.63) is 107 Å². The molecule has 0 aliphatic carbocycles. The van der Waals surface area contributed by atoms with Crippen LogP contribution in [0, 0.1) is 0 Å². The molecule has 3 amide bonds. The van der Waals surface area contributed by atoms with E-state index in [0.29, 0.717) is 19.4 Å². The number of carbonyl (C=O) groups excluding carboxylic acids is 5. The molecule has 0 fully saturated rings. The highest BCUT2D eigenvalue weighted by atomic mass is 16.5. The maximum Gasteiger partial charge on any atom is 0.407 e. The van der Waals surface area contributed by atoms with Gasteiger partial charge in [0.25, 0.3) is 0 Å². The second-order valence-corrected chi connectivity index (χ2v) is 10.7. The minimum atomic E-state index is -0.930. The van der Waals surface area contributed by atoms with E-state index >= 15 is 0 Å². The number of esters is 2. The number of hydrogen-bond donors (Lipinski definition) is 3. The number of alkyl carbamates (subject to hydrolysis) is 1. The first kappa shape index (κ1) is 35.3. The van der Waals surface area contributed by atoms with E-state index in [4.69, 9.17) is 14.2 Å². The molecular formula is C35H41N3O8. The molecule has 3 N–H and O–H groups in total. The number of amides is 3. The van der Waals surface area contributed by atoms with E-state index in [1.807, 2.05) is 66.7 Å². The highest BCUT2D eigenvalue weighted by Gasteiger charge is 2.24. The number of benzene rings is 3. The second kappa shape index (κ2) is 19.3. The maximum absolute atomic E-state index is 12.8. The summed E-state index contributed by atoms with van der Waals surface area (Å²) >= 11 is 0. The number of unbranched alkanes of at least 4 members (excludes halogenated alkanes) is 1. The summed E-state index contributed by atoms with van der Waals surface area (Å²) in [6.07, 6.45) is 0.974. The normalized spacial score (nSPS) is 11.8. The predicted octanol–water partition coefficient (Wildman–Crippen LogP) is 3.77. The number of carbonyl (C=O) groups is 5. The molecule has 0 heterocycles. The Hall–Kier alpha value is -5.19. The van der Waals surface area contributed by atoms with Gasteiger partial charge >= 0.3 is 18.0 Å². The molecule has 3 aromatic rings. The van der Waals surface area contributed by atoms with E-state index in [1.54, 1.807) is 18.2 Å². The molecule has 2 atom stereocenters. The van der Waals surface area contributed by atoms with Crippen LogP contribution in [0.5, 0.6) is 0 Å². The first-order valence-corrected chi connectivity index (χ1v) is 15.1. The average molecular weight is 632 g/mol. The first-order chi connectivity index (χ1) is 22.2. The summed E-state index contributed by atoms with van der Waals surface area (Å²) < 4.78 is 15.5. The zero-order chi connectivity index (χ0) is 33.1. The van der Waals surface area contributed by atoms with Crippen molar-refractivity contribution < 1.29 is 38.2 Å². The standard InChI is InChI=1S/C35H41N3O8/c1-25(39)37-31(34(42)45-23-26-12-5-3-6-13-26)22-29-17-11-16-28(20-29)21-30(33(41)44-2)38-32(40)18-9-10-19-36-35(43)46-24-27-14-7-4-8-15-27/h3-8,11-17,20,30-31H,9-10,18-19,21-24H2,1-2H3,(H,36,43)(H,37,39)(H,38,40)/t30-,31-/m0/s1. The lowest BCUT2D eigenvalue weighted by atomic mass is 9.99. The molecule has 11 nitrogen and oxygen atoms in total. The average Bonchev–Trinajstić information content (AvgIpc) is 3.06. The Balaban J connectivity index is 1.48. The number of ether oxygens (including phenoxy) is 3. The fourth-order valence-electron chi connectivity index (χ4n) is 4.60. The van der Waals surface area contributed by atoms with Crippen LogP contribution in [0.1, 0.15) is 48.4 Å². The maximum atomic E-state index is 12.8. The van der Waals surface area contributed by atoms with Crippen LogP contribution in [0.4, 0.5) is 4.79 Å². The van der Waals surface area contributed by atoms with Crippen molar-refractivity contribution in [3.8, 4) is 0 Å². The second-order valence-electron chi connectivity index (χ2n) is 10.7. The predicted molar refractivity (Wildman–Crippen MR) is 170 cm³/mol. The number of rotatable bonds is 17. The SMILES string of the molecule is COC(=O)[C@H](Cc1cccc(C[C@H](NC(C)=O)C(=O)OCc2ccccc2)c1)NC(=O)CCCCNC(=O)OCc1ccccc1. The monoisotopic (exact) mass is 631 g/mol. The van der Waals surface area contributed by atoms with Gasteiger partial charge in [0.15, 0.2) is 0 Å². The lowest BCUT2D eigenvalue weighted by molar-refractivity contribution is -0.149. The summed E-state index contributed by atoms with van der Waals surface area (Å²) in [4.78, 5) is 61.7. The van der Waals surface area contributed by atoms with Gasteiger partial charge in [-0.15, -0.1) is 0 Å². The van der Waals surface area contributed by atoms with Crippen LogP contribution in [0.25, 0.3) is 0 Å². The Labute approximate surface area is 269 Å². The zero-order valence-corrected chi connectivity index (χ0v) is 26.2. The van der Waals surface area contributed by atoms with Gasteiger partial charge in [-0.3, -0.25) is 9.59 Å². The van der Waals surface area contributed by atoms with Crippen LogP contribution >= 0.6 is 0 Å². The third-order valence-electron chi connectivity index (χ3n) is 6.89. The molecule has 3 rings (SSSR count). The summed E-state index contributed by atoms with van der Waals surface area (Å²) in [6, 6.07) is 23.9. The van der Waals surface area contributed by atoms with Crippen molar-refractivity contribution in [2.75, 3.05) is 13.7 Å². The van der Waals surface area contributed by atoms with Crippen molar-refractivity contribution in [2.24, 2.45) is 0 Å². The quantitative estimate of drug-likeness (QED) is 0.116. The molecule has 0 unspecified atom stereocenters. The van der Waals surface area contributed by atoms with Gasteiger partial charge in [0.2, 0.25) is 11.8 Å². The van der Waals surface area contributed by atoms with E-state index < -0.39 is 30.1 Å². The third-order valence-corrected chi connectivity index (χ3v) is 6.89. The minimum absolute atomic E-state index is 0.0775. The van der Waals surface area contributed by atoms with Crippen molar-refractivity contribution in [3.63, 3.8) is 0 Å². The summed E-state index contributed by atoms with van der Waals surface area (Å²) in [5.41, 5.74) is 3.17. The highest BCUT2D eigenvalue weighted by Crippen LogP contribution is 2.13. The van der Waals surface area contributed by atoms with E-state index in [9.17, 15) is 24.0 Å². The molecule has 0 bridgehead atoms. The number of methoxy groups -OCH3 is 1. The molecule has 46 heavy (non-hydrogen) atoms. The fraction of sp³-hybridized carbons (Fsp3) is 0.343.